The number of phenols is 2. The predicted octanol–water partition coefficient (Wildman–Crippen LogP) is 3.24. The fourth-order valence-corrected chi connectivity index (χ4v) is 2.58. The molecule has 0 unspecified atom stereocenters. The molecule has 2 amide bonds. The molecule has 1 heterocycles. The highest BCUT2D eigenvalue weighted by molar-refractivity contribution is 6.32. The van der Waals surface area contributed by atoms with Crippen molar-refractivity contribution in [3.05, 3.63) is 58.4 Å². The second-order valence-corrected chi connectivity index (χ2v) is 5.63. The number of amides is 2. The summed E-state index contributed by atoms with van der Waals surface area (Å²) in [5, 5.41) is 18.6. The van der Waals surface area contributed by atoms with Crippen molar-refractivity contribution in [3.63, 3.8) is 0 Å². The topological polar surface area (TPSA) is 77.8 Å². The smallest absolute Gasteiger partial charge is 0.261 e. The van der Waals surface area contributed by atoms with Crippen molar-refractivity contribution in [1.29, 1.82) is 0 Å². The maximum absolute atomic E-state index is 13.2. The average Bonchev–Trinajstić information content (AvgIpc) is 2.80. The van der Waals surface area contributed by atoms with Gasteiger partial charge in [-0.15, -0.1) is 0 Å². The summed E-state index contributed by atoms with van der Waals surface area (Å²) in [6.45, 7) is 0. The molecule has 1 aliphatic rings. The van der Waals surface area contributed by atoms with E-state index in [1.54, 1.807) is 0 Å². The monoisotopic (exact) mass is 347 g/mol. The van der Waals surface area contributed by atoms with E-state index in [-0.39, 0.29) is 34.2 Å². The fraction of sp³-hybridized carbons (Fsp3) is 0.0588. The molecule has 1 fully saturated rings. The van der Waals surface area contributed by atoms with Gasteiger partial charge in [0.1, 0.15) is 5.82 Å². The number of rotatable bonds is 2. The van der Waals surface area contributed by atoms with E-state index < -0.39 is 17.6 Å². The zero-order valence-corrected chi connectivity index (χ0v) is 12.9. The number of aromatic hydroxyl groups is 2. The van der Waals surface area contributed by atoms with Crippen LogP contribution in [0.15, 0.2) is 42.0 Å². The summed E-state index contributed by atoms with van der Waals surface area (Å²) in [5.41, 5.74) is 0.860. The molecule has 7 heteroatoms. The highest BCUT2D eigenvalue weighted by atomic mass is 35.5. The van der Waals surface area contributed by atoms with E-state index in [2.05, 4.69) is 0 Å². The summed E-state index contributed by atoms with van der Waals surface area (Å²) < 4.78 is 13.2. The molecule has 0 bridgehead atoms. The van der Waals surface area contributed by atoms with Crippen molar-refractivity contribution in [3.8, 4) is 11.5 Å². The largest absolute Gasteiger partial charge is 0.504 e. The average molecular weight is 348 g/mol. The lowest BCUT2D eigenvalue weighted by Crippen LogP contribution is -2.28. The second kappa shape index (κ2) is 5.98. The van der Waals surface area contributed by atoms with E-state index in [1.165, 1.54) is 36.4 Å². The minimum atomic E-state index is -0.644. The summed E-state index contributed by atoms with van der Waals surface area (Å²) in [4.78, 5) is 25.5. The molecule has 0 radical (unpaired) electrons. The Labute approximate surface area is 141 Å². The Bertz CT molecular complexity index is 894. The molecule has 2 N–H and O–H groups in total. The number of hydrogen-bond acceptors (Lipinski definition) is 4. The van der Waals surface area contributed by atoms with Crippen molar-refractivity contribution in [1.82, 2.24) is 0 Å². The number of imide groups is 1. The Balaban J connectivity index is 1.94. The normalized spacial score (nSPS) is 16.2. The van der Waals surface area contributed by atoms with Crippen LogP contribution in [0.3, 0.4) is 0 Å². The fourth-order valence-electron chi connectivity index (χ4n) is 2.40. The minimum Gasteiger partial charge on any atom is -0.504 e. The number of carbonyl (C=O) groups excluding carboxylic acids is 2. The Morgan fingerprint density at radius 3 is 2.50 bits per heavy atom. The van der Waals surface area contributed by atoms with Crippen molar-refractivity contribution in [2.24, 2.45) is 0 Å². The van der Waals surface area contributed by atoms with E-state index in [4.69, 9.17) is 11.6 Å². The number of phenolic OH excluding ortho intramolecular Hbond substituents is 2. The van der Waals surface area contributed by atoms with Gasteiger partial charge in [-0.05, 0) is 42.0 Å². The second-order valence-electron chi connectivity index (χ2n) is 5.23. The van der Waals surface area contributed by atoms with E-state index in [1.807, 2.05) is 0 Å². The van der Waals surface area contributed by atoms with Crippen LogP contribution in [0.25, 0.3) is 6.08 Å². The molecule has 24 heavy (non-hydrogen) atoms. The van der Waals surface area contributed by atoms with E-state index in [0.717, 1.165) is 11.0 Å². The van der Waals surface area contributed by atoms with Gasteiger partial charge in [0.25, 0.3) is 5.91 Å². The maximum atomic E-state index is 13.2. The van der Waals surface area contributed by atoms with Gasteiger partial charge in [0.05, 0.1) is 17.1 Å². The van der Waals surface area contributed by atoms with Gasteiger partial charge in [0, 0.05) is 5.57 Å². The first-order valence-electron chi connectivity index (χ1n) is 6.91. The number of hydrogen-bond donors (Lipinski definition) is 2. The highest BCUT2D eigenvalue weighted by Crippen LogP contribution is 2.31. The quantitative estimate of drug-likeness (QED) is 0.496. The molecule has 0 saturated carbocycles. The van der Waals surface area contributed by atoms with Crippen LogP contribution in [0.4, 0.5) is 10.1 Å². The van der Waals surface area contributed by atoms with Crippen LogP contribution in [0.5, 0.6) is 11.5 Å². The summed E-state index contributed by atoms with van der Waals surface area (Å²) >= 11 is 5.70. The molecule has 1 saturated heterocycles. The molecule has 0 aliphatic carbocycles. The van der Waals surface area contributed by atoms with Crippen LogP contribution in [0.1, 0.15) is 12.0 Å². The van der Waals surface area contributed by atoms with Crippen molar-refractivity contribution >= 4 is 35.2 Å². The molecule has 0 spiro atoms. The first-order chi connectivity index (χ1) is 11.4. The van der Waals surface area contributed by atoms with Gasteiger partial charge in [0.15, 0.2) is 11.5 Å². The van der Waals surface area contributed by atoms with Crippen molar-refractivity contribution in [2.75, 3.05) is 4.90 Å². The molecule has 5 nitrogen and oxygen atoms in total. The molecule has 1 aliphatic heterocycles. The Morgan fingerprint density at radius 1 is 1.08 bits per heavy atom. The van der Waals surface area contributed by atoms with E-state index in [0.29, 0.717) is 5.56 Å². The van der Waals surface area contributed by atoms with Crippen LogP contribution in [-0.2, 0) is 9.59 Å². The molecular formula is C17H11ClFNO4. The number of benzene rings is 2. The van der Waals surface area contributed by atoms with Gasteiger partial charge in [-0.3, -0.25) is 9.59 Å². The lowest BCUT2D eigenvalue weighted by Gasteiger charge is -2.13. The molecule has 2 aromatic rings. The third-order valence-corrected chi connectivity index (χ3v) is 3.86. The Hall–Kier alpha value is -2.86. The molecule has 2 aromatic carbocycles. The predicted molar refractivity (Wildman–Crippen MR) is 86.3 cm³/mol. The molecule has 0 atom stereocenters. The summed E-state index contributed by atoms with van der Waals surface area (Å²) in [6.07, 6.45) is 1.32. The van der Waals surface area contributed by atoms with Crippen LogP contribution >= 0.6 is 11.6 Å². The van der Waals surface area contributed by atoms with Crippen LogP contribution < -0.4 is 4.90 Å². The molecular weight excluding hydrogens is 337 g/mol. The first kappa shape index (κ1) is 16.0. The molecule has 3 rings (SSSR count). The first-order valence-corrected chi connectivity index (χ1v) is 7.29. The van der Waals surface area contributed by atoms with Gasteiger partial charge in [0.2, 0.25) is 5.91 Å². The van der Waals surface area contributed by atoms with Gasteiger partial charge >= 0.3 is 0 Å². The van der Waals surface area contributed by atoms with Crippen LogP contribution in [0.2, 0.25) is 5.02 Å². The summed E-state index contributed by atoms with van der Waals surface area (Å²) in [5.74, 6) is -2.26. The third-order valence-electron chi connectivity index (χ3n) is 3.57. The van der Waals surface area contributed by atoms with E-state index in [9.17, 15) is 24.2 Å². The van der Waals surface area contributed by atoms with Gasteiger partial charge in [-0.25, -0.2) is 9.29 Å². The van der Waals surface area contributed by atoms with Crippen LogP contribution in [-0.4, -0.2) is 22.0 Å². The molecule has 122 valence electrons. The number of carbonyl (C=O) groups is 2. The van der Waals surface area contributed by atoms with Crippen LogP contribution in [0, 0.1) is 5.82 Å². The number of halogens is 2. The summed E-state index contributed by atoms with van der Waals surface area (Å²) in [6, 6.07) is 7.64. The highest BCUT2D eigenvalue weighted by Gasteiger charge is 2.35. The molecule has 0 aromatic heterocycles. The standard InChI is InChI=1S/C17H11ClFNO4/c18-12-8-11(2-3-13(12)19)20-16(23)7-10(17(20)24)5-9-1-4-14(21)15(22)6-9/h1-6,8,21-22H,7H2/b10-5+. The van der Waals surface area contributed by atoms with Crippen molar-refractivity contribution < 1.29 is 24.2 Å². The van der Waals surface area contributed by atoms with Gasteiger partial charge < -0.3 is 10.2 Å². The van der Waals surface area contributed by atoms with Gasteiger partial charge in [-0.1, -0.05) is 17.7 Å². The lowest BCUT2D eigenvalue weighted by atomic mass is 10.1. The zero-order chi connectivity index (χ0) is 17.4. The van der Waals surface area contributed by atoms with Gasteiger partial charge in [-0.2, -0.15) is 0 Å². The minimum absolute atomic E-state index is 0.129. The third kappa shape index (κ3) is 2.83. The Morgan fingerprint density at radius 2 is 1.83 bits per heavy atom. The number of anilines is 1. The summed E-state index contributed by atoms with van der Waals surface area (Å²) in [7, 11) is 0. The Kier molecular flexibility index (Phi) is 3.99. The lowest BCUT2D eigenvalue weighted by molar-refractivity contribution is -0.120. The zero-order valence-electron chi connectivity index (χ0n) is 12.2. The maximum Gasteiger partial charge on any atom is 0.261 e. The van der Waals surface area contributed by atoms with Crippen molar-refractivity contribution in [2.45, 2.75) is 6.42 Å². The van der Waals surface area contributed by atoms with E-state index >= 15 is 0 Å². The SMILES string of the molecule is O=C1C/C(=C\c2ccc(O)c(O)c2)C(=O)N1c1ccc(F)c(Cl)c1. The number of nitrogens with zero attached hydrogens (tertiary/aromatic N) is 1.